The van der Waals surface area contributed by atoms with Crippen LogP contribution in [0.5, 0.6) is 5.75 Å². The highest BCUT2D eigenvalue weighted by atomic mass is 35.5. The lowest BCUT2D eigenvalue weighted by molar-refractivity contribution is 0.290. The molecule has 0 aliphatic heterocycles. The summed E-state index contributed by atoms with van der Waals surface area (Å²) in [7, 11) is 0. The summed E-state index contributed by atoms with van der Waals surface area (Å²) in [4.78, 5) is 0. The van der Waals surface area contributed by atoms with E-state index in [9.17, 15) is 0 Å². The van der Waals surface area contributed by atoms with Gasteiger partial charge in [0.2, 0.25) is 4.77 Å². The van der Waals surface area contributed by atoms with E-state index in [1.54, 1.807) is 12.4 Å². The van der Waals surface area contributed by atoms with Gasteiger partial charge < -0.3 is 4.74 Å². The molecule has 0 amide bonds. The molecule has 9 heteroatoms. The molecule has 0 fully saturated rings. The van der Waals surface area contributed by atoms with Gasteiger partial charge in [0.05, 0.1) is 18.1 Å². The van der Waals surface area contributed by atoms with Crippen molar-refractivity contribution in [3.63, 3.8) is 0 Å². The smallest absolute Gasteiger partial charge is 0.216 e. The Morgan fingerprint density at radius 1 is 1.11 bits per heavy atom. The highest BCUT2D eigenvalue weighted by molar-refractivity contribution is 7.71. The number of nitrogens with one attached hydrogen (secondary N) is 2. The minimum Gasteiger partial charge on any atom is -0.486 e. The molecule has 0 saturated heterocycles. The maximum absolute atomic E-state index is 5.96. The van der Waals surface area contributed by atoms with E-state index in [1.807, 2.05) is 54.6 Å². The zero-order valence-corrected chi connectivity index (χ0v) is 16.1. The molecule has 7 nitrogen and oxygen atoms in total. The van der Waals surface area contributed by atoms with Crippen LogP contribution < -0.4 is 4.74 Å². The quantitative estimate of drug-likeness (QED) is 0.363. The van der Waals surface area contributed by atoms with Crippen molar-refractivity contribution in [2.24, 2.45) is 5.10 Å². The van der Waals surface area contributed by atoms with Gasteiger partial charge in [-0.05, 0) is 36.5 Å². The Balaban J connectivity index is 1.56. The Bertz CT molecular complexity index is 1150. The number of aromatic amines is 2. The second-order valence-corrected chi connectivity index (χ2v) is 6.63. The van der Waals surface area contributed by atoms with Crippen molar-refractivity contribution in [1.29, 1.82) is 0 Å². The molecular weight excluding hydrogens is 396 g/mol. The zero-order valence-electron chi connectivity index (χ0n) is 14.5. The first-order valence-corrected chi connectivity index (χ1v) is 9.17. The summed E-state index contributed by atoms with van der Waals surface area (Å²) < 4.78 is 7.63. The lowest BCUT2D eigenvalue weighted by Crippen LogP contribution is -2.04. The predicted molar refractivity (Wildman–Crippen MR) is 110 cm³/mol. The molecule has 4 aromatic rings. The zero-order chi connectivity index (χ0) is 19.3. The summed E-state index contributed by atoms with van der Waals surface area (Å²) >= 11 is 11.2. The lowest BCUT2D eigenvalue weighted by Gasteiger charge is -2.05. The molecule has 2 aromatic carbocycles. The largest absolute Gasteiger partial charge is 0.486 e. The van der Waals surface area contributed by atoms with Gasteiger partial charge in [0.25, 0.3) is 0 Å². The number of para-hydroxylation sites is 1. The SMILES string of the molecule is S=c1[nH]nc(COc2ccccc2)n1/N=C/c1cn[nH]c1-c1ccc(Cl)cc1. The first kappa shape index (κ1) is 18.1. The standard InChI is InChI=1S/C19H15ClN6OS/c20-15-8-6-13(7-9-15)18-14(10-21-24-18)11-22-26-17(23-25-19(26)28)12-27-16-4-2-1-3-5-16/h1-11H,12H2,(H,21,24)(H,25,28)/b22-11+. The number of aromatic nitrogens is 5. The molecular formula is C19H15ClN6OS. The molecule has 0 unspecified atom stereocenters. The summed E-state index contributed by atoms with van der Waals surface area (Å²) in [6.45, 7) is 0.226. The molecule has 0 radical (unpaired) electrons. The topological polar surface area (TPSA) is 83.9 Å². The molecule has 2 heterocycles. The third-order valence-corrected chi connectivity index (χ3v) is 4.46. The molecule has 4 rings (SSSR count). The second-order valence-electron chi connectivity index (χ2n) is 5.81. The van der Waals surface area contributed by atoms with E-state index < -0.39 is 0 Å². The van der Waals surface area contributed by atoms with E-state index in [0.29, 0.717) is 15.6 Å². The molecule has 2 N–H and O–H groups in total. The van der Waals surface area contributed by atoms with E-state index in [-0.39, 0.29) is 6.61 Å². The van der Waals surface area contributed by atoms with Crippen molar-refractivity contribution in [1.82, 2.24) is 25.1 Å². The minimum atomic E-state index is 0.226. The van der Waals surface area contributed by atoms with Crippen molar-refractivity contribution in [2.45, 2.75) is 6.61 Å². The van der Waals surface area contributed by atoms with Crippen LogP contribution in [0.1, 0.15) is 11.4 Å². The highest BCUT2D eigenvalue weighted by Gasteiger charge is 2.09. The van der Waals surface area contributed by atoms with Crippen molar-refractivity contribution in [3.05, 3.63) is 82.0 Å². The van der Waals surface area contributed by atoms with Crippen molar-refractivity contribution >= 4 is 30.0 Å². The maximum atomic E-state index is 5.96. The number of hydrogen-bond donors (Lipinski definition) is 2. The molecule has 0 atom stereocenters. The van der Waals surface area contributed by atoms with Gasteiger partial charge in [0.15, 0.2) is 5.82 Å². The van der Waals surface area contributed by atoms with Crippen LogP contribution in [0.4, 0.5) is 0 Å². The van der Waals surface area contributed by atoms with E-state index in [4.69, 9.17) is 28.6 Å². The molecule has 0 spiro atoms. The van der Waals surface area contributed by atoms with Crippen molar-refractivity contribution in [2.75, 3.05) is 0 Å². The molecule has 0 bridgehead atoms. The van der Waals surface area contributed by atoms with Crippen LogP contribution in [0.3, 0.4) is 0 Å². The summed E-state index contributed by atoms with van der Waals surface area (Å²) in [5.41, 5.74) is 2.59. The van der Waals surface area contributed by atoms with Crippen LogP contribution in [0.25, 0.3) is 11.3 Å². The Morgan fingerprint density at radius 3 is 2.68 bits per heavy atom. The Labute approximate surface area is 170 Å². The number of rotatable bonds is 6. The van der Waals surface area contributed by atoms with Crippen molar-refractivity contribution < 1.29 is 4.74 Å². The minimum absolute atomic E-state index is 0.226. The van der Waals surface area contributed by atoms with Crippen LogP contribution in [0.2, 0.25) is 5.02 Å². The van der Waals surface area contributed by atoms with Crippen LogP contribution in [0.15, 0.2) is 65.9 Å². The molecule has 0 aliphatic carbocycles. The van der Waals surface area contributed by atoms with Gasteiger partial charge in [-0.25, -0.2) is 5.10 Å². The summed E-state index contributed by atoms with van der Waals surface area (Å²) in [5, 5.41) is 19.1. The van der Waals surface area contributed by atoms with Gasteiger partial charge in [0, 0.05) is 16.1 Å². The first-order chi connectivity index (χ1) is 13.7. The normalized spacial score (nSPS) is 11.2. The summed E-state index contributed by atoms with van der Waals surface area (Å²) in [6.07, 6.45) is 3.36. The van der Waals surface area contributed by atoms with Crippen LogP contribution in [-0.4, -0.2) is 31.3 Å². The average Bonchev–Trinajstić information content (AvgIpc) is 3.32. The monoisotopic (exact) mass is 410 g/mol. The van der Waals surface area contributed by atoms with Crippen LogP contribution >= 0.6 is 23.8 Å². The molecule has 140 valence electrons. The molecule has 0 aliphatic rings. The number of benzene rings is 2. The fourth-order valence-corrected chi connectivity index (χ4v) is 2.89. The maximum Gasteiger partial charge on any atom is 0.216 e. The van der Waals surface area contributed by atoms with Crippen LogP contribution in [-0.2, 0) is 6.61 Å². The average molecular weight is 411 g/mol. The lowest BCUT2D eigenvalue weighted by atomic mass is 10.1. The Hall–Kier alpha value is -3.23. The van der Waals surface area contributed by atoms with Gasteiger partial charge in [-0.3, -0.25) is 5.10 Å². The van der Waals surface area contributed by atoms with E-state index >= 15 is 0 Å². The van der Waals surface area contributed by atoms with E-state index in [1.165, 1.54) is 4.68 Å². The van der Waals surface area contributed by atoms with Gasteiger partial charge in [-0.2, -0.15) is 20.0 Å². The molecule has 2 aromatic heterocycles. The number of H-pyrrole nitrogens is 2. The molecule has 0 saturated carbocycles. The van der Waals surface area contributed by atoms with Gasteiger partial charge in [-0.1, -0.05) is 41.9 Å². The van der Waals surface area contributed by atoms with Gasteiger partial charge in [-0.15, -0.1) is 0 Å². The Kier molecular flexibility index (Phi) is 5.31. The van der Waals surface area contributed by atoms with E-state index in [2.05, 4.69) is 25.5 Å². The first-order valence-electron chi connectivity index (χ1n) is 8.38. The fourth-order valence-electron chi connectivity index (χ4n) is 2.56. The highest BCUT2D eigenvalue weighted by Crippen LogP contribution is 2.22. The number of hydrogen-bond acceptors (Lipinski definition) is 5. The molecule has 28 heavy (non-hydrogen) atoms. The summed E-state index contributed by atoms with van der Waals surface area (Å²) in [5.74, 6) is 1.30. The van der Waals surface area contributed by atoms with E-state index in [0.717, 1.165) is 22.6 Å². The second kappa shape index (κ2) is 8.20. The van der Waals surface area contributed by atoms with Crippen LogP contribution in [0, 0.1) is 4.77 Å². The number of nitrogens with zero attached hydrogens (tertiary/aromatic N) is 4. The van der Waals surface area contributed by atoms with Gasteiger partial charge >= 0.3 is 0 Å². The van der Waals surface area contributed by atoms with Crippen molar-refractivity contribution in [3.8, 4) is 17.0 Å². The number of halogens is 1. The third kappa shape index (κ3) is 4.03. The third-order valence-electron chi connectivity index (χ3n) is 3.94. The van der Waals surface area contributed by atoms with Gasteiger partial charge in [0.1, 0.15) is 12.4 Å². The Morgan fingerprint density at radius 2 is 1.89 bits per heavy atom. The number of ether oxygens (including phenoxy) is 1. The fraction of sp³-hybridized carbons (Fsp3) is 0.0526. The summed E-state index contributed by atoms with van der Waals surface area (Å²) in [6, 6.07) is 17.0. The predicted octanol–water partition coefficient (Wildman–Crippen LogP) is 4.45.